The molecule has 2 aromatic heterocycles. The molecule has 0 saturated heterocycles. The molecule has 0 bridgehead atoms. The zero-order valence-electron chi connectivity index (χ0n) is 8.96. The fourth-order valence-corrected chi connectivity index (χ4v) is 1.66. The van der Waals surface area contributed by atoms with E-state index in [1.54, 1.807) is 12.1 Å². The van der Waals surface area contributed by atoms with E-state index in [1.165, 1.54) is 0 Å². The van der Waals surface area contributed by atoms with Gasteiger partial charge < -0.3 is 10.3 Å². The lowest BCUT2D eigenvalue weighted by atomic mass is 10.2. The standard InChI is InChI=1S/C10H7ClN6O/c11-6-4-2-1-3-5(6)7-13-9(18-17-7)8-14-10(12)16-15-8/h1-4H,(H3,12,14,15,16). The summed E-state index contributed by atoms with van der Waals surface area (Å²) in [6.07, 6.45) is 0. The molecule has 0 unspecified atom stereocenters. The normalized spacial score (nSPS) is 10.7. The van der Waals surface area contributed by atoms with Gasteiger partial charge in [-0.3, -0.25) is 5.10 Å². The number of nitrogens with zero attached hydrogens (tertiary/aromatic N) is 4. The number of aromatic nitrogens is 5. The van der Waals surface area contributed by atoms with Gasteiger partial charge in [-0.05, 0) is 12.1 Å². The van der Waals surface area contributed by atoms with Crippen LogP contribution in [0.2, 0.25) is 5.02 Å². The summed E-state index contributed by atoms with van der Waals surface area (Å²) in [5.41, 5.74) is 6.08. The highest BCUT2D eigenvalue weighted by molar-refractivity contribution is 6.33. The van der Waals surface area contributed by atoms with Crippen molar-refractivity contribution in [2.45, 2.75) is 0 Å². The number of anilines is 1. The average molecular weight is 263 g/mol. The highest BCUT2D eigenvalue weighted by atomic mass is 35.5. The first-order chi connectivity index (χ1) is 8.74. The van der Waals surface area contributed by atoms with E-state index >= 15 is 0 Å². The Balaban J connectivity index is 2.02. The van der Waals surface area contributed by atoms with Gasteiger partial charge in [0.05, 0.1) is 5.02 Å². The van der Waals surface area contributed by atoms with Gasteiger partial charge in [-0.1, -0.05) is 28.9 Å². The maximum absolute atomic E-state index is 6.04. The number of H-pyrrole nitrogens is 1. The zero-order chi connectivity index (χ0) is 12.5. The topological polar surface area (TPSA) is 107 Å². The quantitative estimate of drug-likeness (QED) is 0.729. The van der Waals surface area contributed by atoms with E-state index in [2.05, 4.69) is 25.3 Å². The maximum Gasteiger partial charge on any atom is 0.295 e. The molecule has 0 amide bonds. The van der Waals surface area contributed by atoms with Crippen molar-refractivity contribution in [1.82, 2.24) is 25.3 Å². The predicted octanol–water partition coefficient (Wildman–Crippen LogP) is 1.76. The van der Waals surface area contributed by atoms with Crippen LogP contribution in [0.4, 0.5) is 5.95 Å². The summed E-state index contributed by atoms with van der Waals surface area (Å²) >= 11 is 6.04. The van der Waals surface area contributed by atoms with Crippen molar-refractivity contribution in [1.29, 1.82) is 0 Å². The van der Waals surface area contributed by atoms with E-state index in [-0.39, 0.29) is 11.8 Å². The zero-order valence-corrected chi connectivity index (χ0v) is 9.72. The van der Waals surface area contributed by atoms with Gasteiger partial charge in [0.1, 0.15) is 0 Å². The number of halogens is 1. The second kappa shape index (κ2) is 4.11. The minimum Gasteiger partial charge on any atom is -0.366 e. The molecule has 2 heterocycles. The summed E-state index contributed by atoms with van der Waals surface area (Å²) in [5, 5.41) is 10.6. The smallest absolute Gasteiger partial charge is 0.295 e. The number of aromatic amines is 1. The Kier molecular flexibility index (Phi) is 2.45. The van der Waals surface area contributed by atoms with Crippen LogP contribution in [0.25, 0.3) is 23.1 Å². The molecular formula is C10H7ClN6O. The lowest BCUT2D eigenvalue weighted by Crippen LogP contribution is -1.86. The van der Waals surface area contributed by atoms with E-state index in [0.29, 0.717) is 22.2 Å². The Bertz CT molecular complexity index is 691. The summed E-state index contributed by atoms with van der Waals surface area (Å²) in [7, 11) is 0. The predicted molar refractivity (Wildman–Crippen MR) is 64.5 cm³/mol. The summed E-state index contributed by atoms with van der Waals surface area (Å²) in [6.45, 7) is 0. The Morgan fingerprint density at radius 2 is 2.06 bits per heavy atom. The molecular weight excluding hydrogens is 256 g/mol. The summed E-state index contributed by atoms with van der Waals surface area (Å²) in [4.78, 5) is 8.07. The molecule has 0 aliphatic heterocycles. The van der Waals surface area contributed by atoms with Crippen LogP contribution < -0.4 is 5.73 Å². The van der Waals surface area contributed by atoms with Crippen molar-refractivity contribution in [3.8, 4) is 23.1 Å². The van der Waals surface area contributed by atoms with Crippen LogP contribution in [-0.4, -0.2) is 25.3 Å². The van der Waals surface area contributed by atoms with Crippen molar-refractivity contribution in [2.24, 2.45) is 0 Å². The molecule has 0 aliphatic rings. The second-order valence-corrected chi connectivity index (χ2v) is 3.85. The number of hydrogen-bond acceptors (Lipinski definition) is 6. The maximum atomic E-state index is 6.04. The van der Waals surface area contributed by atoms with Crippen LogP contribution in [0.3, 0.4) is 0 Å². The van der Waals surface area contributed by atoms with Gasteiger partial charge in [-0.15, -0.1) is 5.10 Å². The fourth-order valence-electron chi connectivity index (χ4n) is 1.44. The third-order valence-electron chi connectivity index (χ3n) is 2.25. The number of rotatable bonds is 2. The van der Waals surface area contributed by atoms with Crippen molar-refractivity contribution >= 4 is 17.5 Å². The largest absolute Gasteiger partial charge is 0.366 e. The number of benzene rings is 1. The van der Waals surface area contributed by atoms with Crippen LogP contribution in [-0.2, 0) is 0 Å². The number of nitrogens with two attached hydrogens (primary N) is 1. The van der Waals surface area contributed by atoms with Crippen LogP contribution in [0.5, 0.6) is 0 Å². The van der Waals surface area contributed by atoms with Gasteiger partial charge in [0.2, 0.25) is 17.6 Å². The van der Waals surface area contributed by atoms with Crippen molar-refractivity contribution in [3.05, 3.63) is 29.3 Å². The molecule has 3 rings (SSSR count). The molecule has 18 heavy (non-hydrogen) atoms. The molecule has 0 radical (unpaired) electrons. The molecule has 8 heteroatoms. The molecule has 90 valence electrons. The highest BCUT2D eigenvalue weighted by Gasteiger charge is 2.15. The molecule has 7 nitrogen and oxygen atoms in total. The van der Waals surface area contributed by atoms with E-state index in [9.17, 15) is 0 Å². The van der Waals surface area contributed by atoms with Gasteiger partial charge in [0, 0.05) is 5.56 Å². The van der Waals surface area contributed by atoms with Crippen molar-refractivity contribution < 1.29 is 4.52 Å². The monoisotopic (exact) mass is 262 g/mol. The van der Waals surface area contributed by atoms with Gasteiger partial charge in [-0.2, -0.15) is 9.97 Å². The van der Waals surface area contributed by atoms with Gasteiger partial charge in [0.15, 0.2) is 0 Å². The first kappa shape index (κ1) is 10.7. The second-order valence-electron chi connectivity index (χ2n) is 3.45. The number of hydrogen-bond donors (Lipinski definition) is 2. The van der Waals surface area contributed by atoms with Gasteiger partial charge in [-0.25, -0.2) is 0 Å². The van der Waals surface area contributed by atoms with E-state index in [4.69, 9.17) is 21.9 Å². The summed E-state index contributed by atoms with van der Waals surface area (Å²) in [6, 6.07) is 7.21. The van der Waals surface area contributed by atoms with Gasteiger partial charge in [0.25, 0.3) is 5.89 Å². The molecule has 0 saturated carbocycles. The van der Waals surface area contributed by atoms with E-state index in [1.807, 2.05) is 12.1 Å². The third kappa shape index (κ3) is 1.80. The molecule has 0 aliphatic carbocycles. The Labute approximate surface area is 106 Å². The Morgan fingerprint density at radius 1 is 1.22 bits per heavy atom. The SMILES string of the molecule is Nc1n[nH]c(-c2nc(-c3ccccc3Cl)no2)n1. The van der Waals surface area contributed by atoms with E-state index < -0.39 is 0 Å². The molecule has 0 fully saturated rings. The first-order valence-electron chi connectivity index (χ1n) is 5.01. The number of nitrogen functional groups attached to an aromatic ring is 1. The average Bonchev–Trinajstić information content (AvgIpc) is 2.98. The van der Waals surface area contributed by atoms with Crippen molar-refractivity contribution in [3.63, 3.8) is 0 Å². The fraction of sp³-hybridized carbons (Fsp3) is 0. The van der Waals surface area contributed by atoms with Crippen LogP contribution in [0.15, 0.2) is 28.8 Å². The van der Waals surface area contributed by atoms with Gasteiger partial charge >= 0.3 is 0 Å². The highest BCUT2D eigenvalue weighted by Crippen LogP contribution is 2.26. The molecule has 0 spiro atoms. The minimum absolute atomic E-state index is 0.113. The summed E-state index contributed by atoms with van der Waals surface area (Å²) in [5.74, 6) is 1.01. The molecule has 3 aromatic rings. The van der Waals surface area contributed by atoms with Crippen LogP contribution >= 0.6 is 11.6 Å². The minimum atomic E-state index is 0.113. The molecule has 3 N–H and O–H groups in total. The lowest BCUT2D eigenvalue weighted by Gasteiger charge is -1.95. The van der Waals surface area contributed by atoms with Crippen LogP contribution in [0.1, 0.15) is 0 Å². The molecule has 0 atom stereocenters. The first-order valence-corrected chi connectivity index (χ1v) is 5.38. The summed E-state index contributed by atoms with van der Waals surface area (Å²) < 4.78 is 5.06. The van der Waals surface area contributed by atoms with Crippen molar-refractivity contribution in [2.75, 3.05) is 5.73 Å². The number of nitrogens with one attached hydrogen (secondary N) is 1. The van der Waals surface area contributed by atoms with E-state index in [0.717, 1.165) is 0 Å². The lowest BCUT2D eigenvalue weighted by molar-refractivity contribution is 0.429. The third-order valence-corrected chi connectivity index (χ3v) is 2.58. The van der Waals surface area contributed by atoms with Crippen LogP contribution in [0, 0.1) is 0 Å². The Hall–Kier alpha value is -2.41. The Morgan fingerprint density at radius 3 is 2.78 bits per heavy atom. The molecule has 1 aromatic carbocycles.